The number of nitrogens with zero attached hydrogens (tertiary/aromatic N) is 3. The van der Waals surface area contributed by atoms with Gasteiger partial charge in [-0.1, -0.05) is 25.2 Å². The summed E-state index contributed by atoms with van der Waals surface area (Å²) in [5.41, 5.74) is 0. The maximum absolute atomic E-state index is 12.2. The first-order valence-electron chi connectivity index (χ1n) is 6.91. The molecule has 0 aliphatic carbocycles. The summed E-state index contributed by atoms with van der Waals surface area (Å²) in [6.07, 6.45) is 0.737. The number of carbonyl (C=O) groups is 2. The predicted molar refractivity (Wildman–Crippen MR) is 81.6 cm³/mol. The second-order valence-corrected chi connectivity index (χ2v) is 6.52. The van der Waals surface area contributed by atoms with Crippen molar-refractivity contribution < 1.29 is 14.7 Å². The van der Waals surface area contributed by atoms with Crippen LogP contribution >= 0.6 is 11.3 Å². The van der Waals surface area contributed by atoms with E-state index in [1.807, 2.05) is 13.8 Å². The van der Waals surface area contributed by atoms with E-state index in [0.29, 0.717) is 11.0 Å². The Hall–Kier alpha value is -1.70. The van der Waals surface area contributed by atoms with Crippen molar-refractivity contribution >= 4 is 28.5 Å². The number of carboxylic acids is 1. The van der Waals surface area contributed by atoms with Crippen molar-refractivity contribution in [3.63, 3.8) is 0 Å². The Morgan fingerprint density at radius 2 is 1.95 bits per heavy atom. The molecular weight excluding hydrogens is 292 g/mol. The van der Waals surface area contributed by atoms with Gasteiger partial charge < -0.3 is 10.0 Å². The Balaban J connectivity index is 2.63. The molecule has 0 aliphatic rings. The predicted octanol–water partition coefficient (Wildman–Crippen LogP) is 2.45. The minimum atomic E-state index is -0.927. The van der Waals surface area contributed by atoms with Gasteiger partial charge in [-0.05, 0) is 19.8 Å². The molecule has 2 N–H and O–H groups in total. The van der Waals surface area contributed by atoms with Crippen LogP contribution in [0, 0.1) is 5.92 Å². The minimum Gasteiger partial charge on any atom is -0.481 e. The third-order valence-corrected chi connectivity index (χ3v) is 3.58. The zero-order chi connectivity index (χ0) is 16.0. The smallest absolute Gasteiger partial charge is 0.323 e. The molecule has 0 saturated heterocycles. The second-order valence-electron chi connectivity index (χ2n) is 5.46. The second kappa shape index (κ2) is 7.92. The standard InChI is InChI=1S/C13H22N4O3S/c1-8(2)7-10-15-16-12(21-10)14-13(20)17(9(3)4)6-5-11(18)19/h8-9H,5-7H2,1-4H3,(H,18,19)(H,14,16,20). The molecule has 21 heavy (non-hydrogen) atoms. The Kier molecular flexibility index (Phi) is 6.54. The molecule has 1 rings (SSSR count). The number of carboxylic acid groups (broad SMARTS) is 1. The average molecular weight is 314 g/mol. The normalized spacial score (nSPS) is 11.0. The molecule has 0 atom stereocenters. The minimum absolute atomic E-state index is 0.0830. The topological polar surface area (TPSA) is 95.4 Å². The third kappa shape index (κ3) is 6.07. The van der Waals surface area contributed by atoms with Crippen LogP contribution in [0.5, 0.6) is 0 Å². The molecule has 0 unspecified atom stereocenters. The molecule has 7 nitrogen and oxygen atoms in total. The van der Waals surface area contributed by atoms with Gasteiger partial charge in [0.2, 0.25) is 5.13 Å². The summed E-state index contributed by atoms with van der Waals surface area (Å²) >= 11 is 1.35. The van der Waals surface area contributed by atoms with Crippen LogP contribution in [0.15, 0.2) is 0 Å². The van der Waals surface area contributed by atoms with E-state index in [9.17, 15) is 9.59 Å². The van der Waals surface area contributed by atoms with Gasteiger partial charge in [0.15, 0.2) is 0 Å². The molecule has 0 bridgehead atoms. The maximum atomic E-state index is 12.2. The molecule has 8 heteroatoms. The van der Waals surface area contributed by atoms with E-state index >= 15 is 0 Å². The monoisotopic (exact) mass is 314 g/mol. The van der Waals surface area contributed by atoms with Gasteiger partial charge in [-0.25, -0.2) is 4.79 Å². The molecule has 0 fully saturated rings. The molecule has 1 aromatic rings. The molecule has 2 amide bonds. The number of aliphatic carboxylic acids is 1. The van der Waals surface area contributed by atoms with Crippen molar-refractivity contribution in [3.8, 4) is 0 Å². The summed E-state index contributed by atoms with van der Waals surface area (Å²) in [4.78, 5) is 24.3. The highest BCUT2D eigenvalue weighted by Gasteiger charge is 2.19. The molecule has 1 heterocycles. The first kappa shape index (κ1) is 17.4. The maximum Gasteiger partial charge on any atom is 0.323 e. The lowest BCUT2D eigenvalue weighted by atomic mass is 10.1. The summed E-state index contributed by atoms with van der Waals surface area (Å²) in [5.74, 6) is -0.451. The fraction of sp³-hybridized carbons (Fsp3) is 0.692. The molecule has 0 radical (unpaired) electrons. The van der Waals surface area contributed by atoms with E-state index in [2.05, 4.69) is 29.4 Å². The molecule has 1 aromatic heterocycles. The Morgan fingerprint density at radius 1 is 1.29 bits per heavy atom. The number of urea groups is 1. The van der Waals surface area contributed by atoms with Crippen molar-refractivity contribution in [1.82, 2.24) is 15.1 Å². The van der Waals surface area contributed by atoms with Gasteiger partial charge in [0.05, 0.1) is 6.42 Å². The van der Waals surface area contributed by atoms with Gasteiger partial charge in [-0.2, -0.15) is 0 Å². The van der Waals surface area contributed by atoms with Crippen molar-refractivity contribution in [2.45, 2.75) is 46.6 Å². The molecule has 0 aliphatic heterocycles. The Labute approximate surface area is 128 Å². The van der Waals surface area contributed by atoms with Crippen LogP contribution in [-0.2, 0) is 11.2 Å². The number of carbonyl (C=O) groups excluding carboxylic acids is 1. The van der Waals surface area contributed by atoms with Crippen molar-refractivity contribution in [3.05, 3.63) is 5.01 Å². The lowest BCUT2D eigenvalue weighted by Crippen LogP contribution is -2.41. The van der Waals surface area contributed by atoms with E-state index in [1.165, 1.54) is 16.2 Å². The number of hydrogen-bond donors (Lipinski definition) is 2. The first-order valence-corrected chi connectivity index (χ1v) is 7.73. The quantitative estimate of drug-likeness (QED) is 0.806. The van der Waals surface area contributed by atoms with E-state index in [1.54, 1.807) is 0 Å². The van der Waals surface area contributed by atoms with Crippen LogP contribution in [0.4, 0.5) is 9.93 Å². The van der Waals surface area contributed by atoms with Crippen LogP contribution < -0.4 is 5.32 Å². The van der Waals surface area contributed by atoms with Crippen LogP contribution in [0.2, 0.25) is 0 Å². The summed E-state index contributed by atoms with van der Waals surface area (Å²) in [5, 5.41) is 20.7. The molecule has 0 aromatic carbocycles. The highest BCUT2D eigenvalue weighted by atomic mass is 32.1. The zero-order valence-electron chi connectivity index (χ0n) is 12.8. The van der Waals surface area contributed by atoms with E-state index < -0.39 is 5.97 Å². The lowest BCUT2D eigenvalue weighted by Gasteiger charge is -2.25. The lowest BCUT2D eigenvalue weighted by molar-refractivity contribution is -0.137. The molecular formula is C13H22N4O3S. The van der Waals surface area contributed by atoms with E-state index in [-0.39, 0.29) is 25.0 Å². The summed E-state index contributed by atoms with van der Waals surface area (Å²) < 4.78 is 0. The van der Waals surface area contributed by atoms with E-state index in [4.69, 9.17) is 5.11 Å². The summed E-state index contributed by atoms with van der Waals surface area (Å²) in [6.45, 7) is 8.02. The van der Waals surface area contributed by atoms with Gasteiger partial charge in [0, 0.05) is 19.0 Å². The Morgan fingerprint density at radius 3 is 2.48 bits per heavy atom. The van der Waals surface area contributed by atoms with Crippen LogP contribution in [0.3, 0.4) is 0 Å². The summed E-state index contributed by atoms with van der Waals surface area (Å²) in [6, 6.07) is -0.439. The van der Waals surface area contributed by atoms with Crippen molar-refractivity contribution in [2.75, 3.05) is 11.9 Å². The van der Waals surface area contributed by atoms with Gasteiger partial charge in [-0.15, -0.1) is 10.2 Å². The Bertz CT molecular complexity index is 488. The molecule has 0 spiro atoms. The zero-order valence-corrected chi connectivity index (χ0v) is 13.6. The third-order valence-electron chi connectivity index (χ3n) is 2.71. The fourth-order valence-corrected chi connectivity index (χ4v) is 2.65. The largest absolute Gasteiger partial charge is 0.481 e. The van der Waals surface area contributed by atoms with Gasteiger partial charge in [0.25, 0.3) is 0 Å². The number of rotatable bonds is 7. The van der Waals surface area contributed by atoms with Gasteiger partial charge in [0.1, 0.15) is 5.01 Å². The fourth-order valence-electron chi connectivity index (χ4n) is 1.71. The number of nitrogens with one attached hydrogen (secondary N) is 1. The van der Waals surface area contributed by atoms with Crippen molar-refractivity contribution in [2.24, 2.45) is 5.92 Å². The number of amides is 2. The molecule has 118 valence electrons. The SMILES string of the molecule is CC(C)Cc1nnc(NC(=O)N(CCC(=O)O)C(C)C)s1. The van der Waals surface area contributed by atoms with Gasteiger partial charge >= 0.3 is 12.0 Å². The first-order chi connectivity index (χ1) is 9.79. The van der Waals surface area contributed by atoms with Crippen LogP contribution in [-0.4, -0.2) is 44.8 Å². The highest BCUT2D eigenvalue weighted by molar-refractivity contribution is 7.15. The average Bonchev–Trinajstić information content (AvgIpc) is 2.74. The van der Waals surface area contributed by atoms with Crippen LogP contribution in [0.25, 0.3) is 0 Å². The van der Waals surface area contributed by atoms with E-state index in [0.717, 1.165) is 11.4 Å². The molecule has 0 saturated carbocycles. The number of anilines is 1. The highest BCUT2D eigenvalue weighted by Crippen LogP contribution is 2.19. The summed E-state index contributed by atoms with van der Waals surface area (Å²) in [7, 11) is 0. The van der Waals surface area contributed by atoms with Crippen molar-refractivity contribution in [1.29, 1.82) is 0 Å². The van der Waals surface area contributed by atoms with Gasteiger partial charge in [-0.3, -0.25) is 10.1 Å². The number of aromatic nitrogens is 2. The number of hydrogen-bond acceptors (Lipinski definition) is 5. The van der Waals surface area contributed by atoms with Crippen LogP contribution in [0.1, 0.15) is 39.1 Å².